The van der Waals surface area contributed by atoms with Crippen molar-refractivity contribution in [2.45, 2.75) is 51.2 Å². The van der Waals surface area contributed by atoms with Gasteiger partial charge in [0, 0.05) is 29.8 Å². The predicted octanol–water partition coefficient (Wildman–Crippen LogP) is 2.97. The third-order valence-corrected chi connectivity index (χ3v) is 5.53. The lowest BCUT2D eigenvalue weighted by Crippen LogP contribution is -2.40. The third-order valence-electron chi connectivity index (χ3n) is 4.24. The van der Waals surface area contributed by atoms with Gasteiger partial charge >= 0.3 is 0 Å². The maximum absolute atomic E-state index is 12.2. The third kappa shape index (κ3) is 2.90. The van der Waals surface area contributed by atoms with Crippen LogP contribution >= 0.6 is 11.8 Å². The van der Waals surface area contributed by atoms with Crippen molar-refractivity contribution in [2.75, 3.05) is 5.75 Å². The van der Waals surface area contributed by atoms with Gasteiger partial charge in [-0.25, -0.2) is 0 Å². The monoisotopic (exact) mass is 294 g/mol. The van der Waals surface area contributed by atoms with E-state index in [0.29, 0.717) is 25.7 Å². The molecule has 0 spiro atoms. The van der Waals surface area contributed by atoms with E-state index in [4.69, 9.17) is 0 Å². The molecule has 0 bridgehead atoms. The molecular weight excluding hydrogens is 272 g/mol. The highest BCUT2D eigenvalue weighted by molar-refractivity contribution is 8.01. The van der Waals surface area contributed by atoms with Gasteiger partial charge in [0.2, 0.25) is 0 Å². The Morgan fingerprint density at radius 1 is 1.30 bits per heavy atom. The van der Waals surface area contributed by atoms with Gasteiger partial charge in [-0.1, -0.05) is 18.6 Å². The van der Waals surface area contributed by atoms with Gasteiger partial charge in [-0.2, -0.15) is 0 Å². The zero-order valence-corrected chi connectivity index (χ0v) is 13.2. The standard InChI is InChI=1S/C16H22O3S/c1-4-5-12(17)15-13(18)8-10(9-14(15)19)11-6-7-20-16(11,2)3/h6,10,15H,4-5,7-9H2,1-3H3. The fraction of sp³-hybridized carbons (Fsp3) is 0.688. The molecule has 0 N–H and O–H groups in total. The summed E-state index contributed by atoms with van der Waals surface area (Å²) in [5.74, 6) is -0.541. The van der Waals surface area contributed by atoms with Crippen molar-refractivity contribution >= 4 is 29.1 Å². The second kappa shape index (κ2) is 5.84. The topological polar surface area (TPSA) is 51.2 Å². The number of hydrogen-bond acceptors (Lipinski definition) is 4. The lowest BCUT2D eigenvalue weighted by molar-refractivity contribution is -0.143. The van der Waals surface area contributed by atoms with Crippen LogP contribution in [0.3, 0.4) is 0 Å². The highest BCUT2D eigenvalue weighted by Crippen LogP contribution is 2.45. The number of Topliss-reactive ketones (excluding diaryl/α,β-unsaturated/α-hetero) is 3. The van der Waals surface area contributed by atoms with Crippen molar-refractivity contribution in [3.63, 3.8) is 0 Å². The maximum Gasteiger partial charge on any atom is 0.151 e. The Bertz CT molecular complexity index is 458. The van der Waals surface area contributed by atoms with Crippen molar-refractivity contribution in [3.05, 3.63) is 11.6 Å². The first kappa shape index (κ1) is 15.5. The number of thioether (sulfide) groups is 1. The van der Waals surface area contributed by atoms with Crippen molar-refractivity contribution in [3.8, 4) is 0 Å². The molecule has 110 valence electrons. The van der Waals surface area contributed by atoms with Gasteiger partial charge in [0.15, 0.2) is 17.3 Å². The minimum absolute atomic E-state index is 0.00526. The van der Waals surface area contributed by atoms with Gasteiger partial charge in [0.1, 0.15) is 5.92 Å². The molecule has 0 amide bonds. The molecule has 0 aromatic heterocycles. The van der Waals surface area contributed by atoms with Crippen molar-refractivity contribution in [1.29, 1.82) is 0 Å². The lowest BCUT2D eigenvalue weighted by atomic mass is 9.72. The largest absolute Gasteiger partial charge is 0.298 e. The Labute approximate surface area is 124 Å². The van der Waals surface area contributed by atoms with Crippen LogP contribution in [0.1, 0.15) is 46.5 Å². The zero-order valence-electron chi connectivity index (χ0n) is 12.4. The average molecular weight is 294 g/mol. The van der Waals surface area contributed by atoms with Gasteiger partial charge in [-0.05, 0) is 26.2 Å². The molecule has 1 heterocycles. The normalized spacial score (nSPS) is 29.4. The van der Waals surface area contributed by atoms with Crippen LogP contribution in [0.25, 0.3) is 0 Å². The highest BCUT2D eigenvalue weighted by Gasteiger charge is 2.43. The van der Waals surface area contributed by atoms with Gasteiger partial charge < -0.3 is 0 Å². The molecule has 1 saturated carbocycles. The van der Waals surface area contributed by atoms with Crippen LogP contribution in [-0.4, -0.2) is 27.8 Å². The Hall–Kier alpha value is -0.900. The first-order valence-corrected chi connectivity index (χ1v) is 8.28. The van der Waals surface area contributed by atoms with Gasteiger partial charge in [-0.15, -0.1) is 11.8 Å². The van der Waals surface area contributed by atoms with Crippen molar-refractivity contribution < 1.29 is 14.4 Å². The van der Waals surface area contributed by atoms with E-state index in [-0.39, 0.29) is 28.0 Å². The van der Waals surface area contributed by atoms with Crippen molar-refractivity contribution in [1.82, 2.24) is 0 Å². The van der Waals surface area contributed by atoms with Crippen LogP contribution in [-0.2, 0) is 14.4 Å². The minimum atomic E-state index is -0.969. The van der Waals surface area contributed by atoms with Gasteiger partial charge in [0.25, 0.3) is 0 Å². The SMILES string of the molecule is CCCC(=O)C1C(=O)CC(C2=CCSC2(C)C)CC1=O. The Morgan fingerprint density at radius 3 is 2.35 bits per heavy atom. The summed E-state index contributed by atoms with van der Waals surface area (Å²) in [5, 5.41) is 0. The summed E-state index contributed by atoms with van der Waals surface area (Å²) in [6.45, 7) is 6.17. The van der Waals surface area contributed by atoms with Crippen LogP contribution in [0.4, 0.5) is 0 Å². The summed E-state index contributed by atoms with van der Waals surface area (Å²) in [6, 6.07) is 0. The molecule has 0 saturated heterocycles. The smallest absolute Gasteiger partial charge is 0.151 e. The predicted molar refractivity (Wildman–Crippen MR) is 80.8 cm³/mol. The summed E-state index contributed by atoms with van der Waals surface area (Å²) in [4.78, 5) is 36.4. The molecule has 2 aliphatic rings. The van der Waals surface area contributed by atoms with Crippen LogP contribution in [0.15, 0.2) is 11.6 Å². The van der Waals surface area contributed by atoms with E-state index in [1.54, 1.807) is 0 Å². The lowest BCUT2D eigenvalue weighted by Gasteiger charge is -2.32. The summed E-state index contributed by atoms with van der Waals surface area (Å²) in [5.41, 5.74) is 1.21. The van der Waals surface area contributed by atoms with Gasteiger partial charge in [-0.3, -0.25) is 14.4 Å². The number of carbonyl (C=O) groups excluding carboxylic acids is 3. The molecule has 1 aliphatic heterocycles. The molecule has 1 aliphatic carbocycles. The second-order valence-electron chi connectivity index (χ2n) is 6.17. The Morgan fingerprint density at radius 2 is 1.90 bits per heavy atom. The molecule has 4 heteroatoms. The van der Waals surface area contributed by atoms with Crippen LogP contribution in [0.2, 0.25) is 0 Å². The zero-order chi connectivity index (χ0) is 14.9. The van der Waals surface area contributed by atoms with Crippen LogP contribution in [0.5, 0.6) is 0 Å². The molecule has 0 atom stereocenters. The average Bonchev–Trinajstić information content (AvgIpc) is 2.68. The fourth-order valence-corrected chi connectivity index (χ4v) is 4.37. The molecule has 0 aromatic carbocycles. The van der Waals surface area contributed by atoms with Gasteiger partial charge in [0.05, 0.1) is 0 Å². The molecule has 0 unspecified atom stereocenters. The van der Waals surface area contributed by atoms with Crippen molar-refractivity contribution in [2.24, 2.45) is 11.8 Å². The second-order valence-corrected chi connectivity index (χ2v) is 7.81. The van der Waals surface area contributed by atoms with E-state index >= 15 is 0 Å². The Balaban J connectivity index is 2.13. The minimum Gasteiger partial charge on any atom is -0.298 e. The Kier molecular flexibility index (Phi) is 4.52. The number of ketones is 3. The number of hydrogen-bond donors (Lipinski definition) is 0. The molecule has 1 fully saturated rings. The first-order valence-electron chi connectivity index (χ1n) is 7.29. The van der Waals surface area contributed by atoms with E-state index in [1.807, 2.05) is 18.7 Å². The fourth-order valence-electron chi connectivity index (χ4n) is 3.27. The summed E-state index contributed by atoms with van der Waals surface area (Å²) >= 11 is 1.84. The molecule has 20 heavy (non-hydrogen) atoms. The van der Waals surface area contributed by atoms with E-state index in [9.17, 15) is 14.4 Å². The molecular formula is C16H22O3S. The summed E-state index contributed by atoms with van der Waals surface area (Å²) < 4.78 is 0.00545. The first-order chi connectivity index (χ1) is 9.36. The van der Waals surface area contributed by atoms with E-state index in [1.165, 1.54) is 5.57 Å². The number of carbonyl (C=O) groups is 3. The van der Waals surface area contributed by atoms with Crippen LogP contribution in [0, 0.1) is 11.8 Å². The summed E-state index contributed by atoms with van der Waals surface area (Å²) in [6.07, 6.45) is 3.87. The van der Waals surface area contributed by atoms with E-state index in [2.05, 4.69) is 19.9 Å². The molecule has 0 radical (unpaired) electrons. The summed E-state index contributed by atoms with van der Waals surface area (Å²) in [7, 11) is 0. The van der Waals surface area contributed by atoms with Crippen LogP contribution < -0.4 is 0 Å². The highest BCUT2D eigenvalue weighted by atomic mass is 32.2. The van der Waals surface area contributed by atoms with E-state index in [0.717, 1.165) is 5.75 Å². The maximum atomic E-state index is 12.2. The molecule has 3 nitrogen and oxygen atoms in total. The quantitative estimate of drug-likeness (QED) is 0.591. The molecule has 0 aromatic rings. The van der Waals surface area contributed by atoms with E-state index < -0.39 is 5.92 Å². The molecule has 2 rings (SSSR count). The number of rotatable bonds is 4.